The molecule has 25 heavy (non-hydrogen) atoms. The van der Waals surface area contributed by atoms with Crippen LogP contribution in [0.2, 0.25) is 0 Å². The second kappa shape index (κ2) is 7.80. The van der Waals surface area contributed by atoms with Crippen molar-refractivity contribution in [2.24, 2.45) is 5.92 Å². The highest BCUT2D eigenvalue weighted by atomic mass is 19.1. The number of nitriles is 1. The summed E-state index contributed by atoms with van der Waals surface area (Å²) >= 11 is 0. The van der Waals surface area contributed by atoms with Crippen LogP contribution in [-0.4, -0.2) is 10.5 Å². The molecule has 2 aromatic rings. The smallest absolute Gasteiger partial charge is 0.266 e. The predicted octanol–water partition coefficient (Wildman–Crippen LogP) is 4.45. The molecule has 130 valence electrons. The lowest BCUT2D eigenvalue weighted by molar-refractivity contribution is -0.112. The molecule has 1 aromatic heterocycles. The summed E-state index contributed by atoms with van der Waals surface area (Å²) in [6, 6.07) is 9.34. The van der Waals surface area contributed by atoms with E-state index in [-0.39, 0.29) is 11.4 Å². The predicted molar refractivity (Wildman–Crippen MR) is 97.4 cm³/mol. The molecular formula is C20H22FN3O. The maximum absolute atomic E-state index is 12.9. The molecule has 0 aliphatic rings. The van der Waals surface area contributed by atoms with Crippen LogP contribution in [0.1, 0.15) is 30.8 Å². The van der Waals surface area contributed by atoms with Gasteiger partial charge in [-0.3, -0.25) is 4.79 Å². The zero-order chi connectivity index (χ0) is 18.6. The Kier molecular flexibility index (Phi) is 5.76. The Hall–Kier alpha value is -2.87. The third-order valence-corrected chi connectivity index (χ3v) is 3.93. The Morgan fingerprint density at radius 2 is 1.96 bits per heavy atom. The van der Waals surface area contributed by atoms with Crippen LogP contribution in [0.4, 0.5) is 10.1 Å². The fourth-order valence-electron chi connectivity index (χ4n) is 2.66. The molecule has 0 atom stereocenters. The number of aromatic nitrogens is 1. The van der Waals surface area contributed by atoms with Crippen LogP contribution in [-0.2, 0) is 11.3 Å². The quantitative estimate of drug-likeness (QED) is 0.646. The van der Waals surface area contributed by atoms with Crippen LogP contribution in [0.3, 0.4) is 0 Å². The van der Waals surface area contributed by atoms with Gasteiger partial charge >= 0.3 is 0 Å². The van der Waals surface area contributed by atoms with Crippen molar-refractivity contribution in [3.63, 3.8) is 0 Å². The summed E-state index contributed by atoms with van der Waals surface area (Å²) in [5.74, 6) is -0.395. The van der Waals surface area contributed by atoms with E-state index >= 15 is 0 Å². The highest BCUT2D eigenvalue weighted by molar-refractivity contribution is 6.09. The second-order valence-electron chi connectivity index (χ2n) is 6.46. The summed E-state index contributed by atoms with van der Waals surface area (Å²) in [5.41, 5.74) is 3.41. The lowest BCUT2D eigenvalue weighted by Crippen LogP contribution is -2.13. The van der Waals surface area contributed by atoms with E-state index in [1.807, 2.05) is 26.0 Å². The first kappa shape index (κ1) is 18.5. The van der Waals surface area contributed by atoms with Crippen LogP contribution < -0.4 is 5.32 Å². The minimum absolute atomic E-state index is 0.00845. The molecule has 1 amide bonds. The van der Waals surface area contributed by atoms with Crippen molar-refractivity contribution < 1.29 is 9.18 Å². The molecule has 2 rings (SSSR count). The first-order chi connectivity index (χ1) is 11.8. The molecule has 5 heteroatoms. The summed E-state index contributed by atoms with van der Waals surface area (Å²) in [7, 11) is 0. The fraction of sp³-hybridized carbons (Fsp3) is 0.300. The normalized spacial score (nSPS) is 11.5. The van der Waals surface area contributed by atoms with Crippen LogP contribution in [0, 0.1) is 36.9 Å². The SMILES string of the molecule is Cc1cc(/C=C(\C#N)C(=O)Nc2ccc(F)cc2)c(C)n1CC(C)C. The number of rotatable bonds is 5. The molecular weight excluding hydrogens is 317 g/mol. The molecule has 0 radical (unpaired) electrons. The summed E-state index contributed by atoms with van der Waals surface area (Å²) in [6.07, 6.45) is 1.60. The lowest BCUT2D eigenvalue weighted by Gasteiger charge is -2.12. The van der Waals surface area contributed by atoms with Gasteiger partial charge in [0.1, 0.15) is 17.5 Å². The molecule has 1 heterocycles. The van der Waals surface area contributed by atoms with Crippen molar-refractivity contribution in [1.82, 2.24) is 4.57 Å². The van der Waals surface area contributed by atoms with Gasteiger partial charge in [0.25, 0.3) is 5.91 Å². The van der Waals surface area contributed by atoms with Gasteiger partial charge in [-0.1, -0.05) is 13.8 Å². The molecule has 0 aliphatic carbocycles. The van der Waals surface area contributed by atoms with Crippen LogP contribution in [0.5, 0.6) is 0 Å². The first-order valence-electron chi connectivity index (χ1n) is 8.17. The van der Waals surface area contributed by atoms with Crippen molar-refractivity contribution in [1.29, 1.82) is 5.26 Å². The van der Waals surface area contributed by atoms with Crippen molar-refractivity contribution in [3.05, 3.63) is 58.7 Å². The van der Waals surface area contributed by atoms with Gasteiger partial charge in [-0.15, -0.1) is 0 Å². The standard InChI is InChI=1S/C20H22FN3O/c1-13(2)12-24-14(3)9-16(15(24)4)10-17(11-22)20(25)23-19-7-5-18(21)6-8-19/h5-10,13H,12H2,1-4H3,(H,23,25)/b17-10+. The molecule has 0 aliphatic heterocycles. The molecule has 0 saturated heterocycles. The third kappa shape index (κ3) is 4.57. The first-order valence-corrected chi connectivity index (χ1v) is 8.17. The Bertz CT molecular complexity index is 839. The number of aryl methyl sites for hydroxylation is 1. The number of halogens is 1. The van der Waals surface area contributed by atoms with Gasteiger partial charge in [0.15, 0.2) is 0 Å². The average Bonchev–Trinajstić information content (AvgIpc) is 2.81. The number of nitrogens with zero attached hydrogens (tertiary/aromatic N) is 2. The molecule has 0 unspecified atom stereocenters. The monoisotopic (exact) mass is 339 g/mol. The summed E-state index contributed by atoms with van der Waals surface area (Å²) in [4.78, 5) is 12.3. The Morgan fingerprint density at radius 3 is 2.52 bits per heavy atom. The van der Waals surface area contributed by atoms with Gasteiger partial charge in [0.2, 0.25) is 0 Å². The number of amides is 1. The molecule has 1 aromatic carbocycles. The number of benzene rings is 1. The number of carbonyl (C=O) groups is 1. The highest BCUT2D eigenvalue weighted by Gasteiger charge is 2.13. The zero-order valence-corrected chi connectivity index (χ0v) is 14.9. The largest absolute Gasteiger partial charge is 0.348 e. The Balaban J connectivity index is 2.26. The Labute approximate surface area is 147 Å². The van der Waals surface area contributed by atoms with Gasteiger partial charge in [0.05, 0.1) is 0 Å². The Morgan fingerprint density at radius 1 is 1.32 bits per heavy atom. The van der Waals surface area contributed by atoms with E-state index in [9.17, 15) is 14.4 Å². The highest BCUT2D eigenvalue weighted by Crippen LogP contribution is 2.20. The van der Waals surface area contributed by atoms with Gasteiger partial charge in [-0.05, 0) is 61.7 Å². The van der Waals surface area contributed by atoms with Crippen molar-refractivity contribution in [2.75, 3.05) is 5.32 Å². The zero-order valence-electron chi connectivity index (χ0n) is 14.9. The maximum Gasteiger partial charge on any atom is 0.266 e. The van der Waals surface area contributed by atoms with Crippen LogP contribution in [0.15, 0.2) is 35.9 Å². The van der Waals surface area contributed by atoms with Gasteiger partial charge in [0, 0.05) is 23.6 Å². The van der Waals surface area contributed by atoms with E-state index in [4.69, 9.17) is 0 Å². The topological polar surface area (TPSA) is 57.8 Å². The second-order valence-corrected chi connectivity index (χ2v) is 6.46. The molecule has 0 saturated carbocycles. The number of nitrogens with one attached hydrogen (secondary N) is 1. The van der Waals surface area contributed by atoms with E-state index in [1.165, 1.54) is 24.3 Å². The molecule has 4 nitrogen and oxygen atoms in total. The van der Waals surface area contributed by atoms with Crippen molar-refractivity contribution in [2.45, 2.75) is 34.2 Å². The van der Waals surface area contributed by atoms with Crippen LogP contribution >= 0.6 is 0 Å². The fourth-order valence-corrected chi connectivity index (χ4v) is 2.66. The number of hydrogen-bond donors (Lipinski definition) is 1. The maximum atomic E-state index is 12.9. The van der Waals surface area contributed by atoms with Crippen LogP contribution in [0.25, 0.3) is 6.08 Å². The summed E-state index contributed by atoms with van der Waals surface area (Å²) in [5, 5.41) is 12.0. The molecule has 0 spiro atoms. The van der Waals surface area contributed by atoms with E-state index in [0.717, 1.165) is 23.5 Å². The van der Waals surface area contributed by atoms with Gasteiger partial charge < -0.3 is 9.88 Å². The van der Waals surface area contributed by atoms with Crippen molar-refractivity contribution >= 4 is 17.7 Å². The summed E-state index contributed by atoms with van der Waals surface area (Å²) in [6.45, 7) is 9.16. The molecule has 1 N–H and O–H groups in total. The van der Waals surface area contributed by atoms with E-state index < -0.39 is 5.91 Å². The lowest BCUT2D eigenvalue weighted by atomic mass is 10.1. The number of anilines is 1. The van der Waals surface area contributed by atoms with E-state index in [2.05, 4.69) is 23.7 Å². The molecule has 0 fully saturated rings. The van der Waals surface area contributed by atoms with E-state index in [0.29, 0.717) is 11.6 Å². The average molecular weight is 339 g/mol. The minimum atomic E-state index is -0.511. The van der Waals surface area contributed by atoms with Gasteiger partial charge in [-0.25, -0.2) is 4.39 Å². The third-order valence-electron chi connectivity index (χ3n) is 3.93. The number of hydrogen-bond acceptors (Lipinski definition) is 2. The van der Waals surface area contributed by atoms with Gasteiger partial charge in [-0.2, -0.15) is 5.26 Å². The molecule has 0 bridgehead atoms. The minimum Gasteiger partial charge on any atom is -0.348 e. The summed E-state index contributed by atoms with van der Waals surface area (Å²) < 4.78 is 15.1. The van der Waals surface area contributed by atoms with E-state index in [1.54, 1.807) is 6.08 Å². The van der Waals surface area contributed by atoms with Crippen molar-refractivity contribution in [3.8, 4) is 6.07 Å². The number of carbonyl (C=O) groups excluding carboxylic acids is 1.